The Hall–Kier alpha value is -3.32. The fourth-order valence-corrected chi connectivity index (χ4v) is 5.49. The van der Waals surface area contributed by atoms with Crippen molar-refractivity contribution in [3.05, 3.63) is 82.0 Å². The minimum absolute atomic E-state index is 0.108. The number of hydrogen-bond donors (Lipinski definition) is 1. The van der Waals surface area contributed by atoms with Gasteiger partial charge in [-0.2, -0.15) is 0 Å². The summed E-state index contributed by atoms with van der Waals surface area (Å²) in [5.41, 5.74) is 1.60. The Bertz CT molecular complexity index is 1120. The number of thiophene rings is 1. The van der Waals surface area contributed by atoms with Gasteiger partial charge in [0.15, 0.2) is 0 Å². The minimum Gasteiger partial charge on any atom is -0.497 e. The molecule has 36 heavy (non-hydrogen) atoms. The van der Waals surface area contributed by atoms with Gasteiger partial charge >= 0.3 is 0 Å². The molecule has 1 aromatic heterocycles. The summed E-state index contributed by atoms with van der Waals surface area (Å²) in [5, 5.41) is 5.22. The molecule has 1 saturated carbocycles. The number of amides is 2. The second kappa shape index (κ2) is 12.6. The van der Waals surface area contributed by atoms with E-state index in [1.54, 1.807) is 30.5 Å². The molecule has 0 saturated heterocycles. The van der Waals surface area contributed by atoms with Crippen LogP contribution in [0.15, 0.2) is 66.0 Å². The first-order valence-corrected chi connectivity index (χ1v) is 13.3. The topological polar surface area (TPSA) is 67.9 Å². The van der Waals surface area contributed by atoms with Gasteiger partial charge in [-0.15, -0.1) is 11.3 Å². The van der Waals surface area contributed by atoms with Crippen molar-refractivity contribution in [1.82, 2.24) is 10.2 Å². The molecule has 6 nitrogen and oxygen atoms in total. The van der Waals surface area contributed by atoms with Crippen molar-refractivity contribution in [2.45, 2.75) is 57.2 Å². The molecule has 0 bridgehead atoms. The molecule has 7 heteroatoms. The summed E-state index contributed by atoms with van der Waals surface area (Å²) in [6, 6.07) is 18.3. The molecule has 1 fully saturated rings. The van der Waals surface area contributed by atoms with Crippen LogP contribution in [0.3, 0.4) is 0 Å². The fraction of sp³-hybridized carbons (Fsp3) is 0.379. The van der Waals surface area contributed by atoms with Crippen molar-refractivity contribution >= 4 is 23.2 Å². The quantitative estimate of drug-likeness (QED) is 0.393. The van der Waals surface area contributed by atoms with Gasteiger partial charge in [0.1, 0.15) is 17.5 Å². The van der Waals surface area contributed by atoms with E-state index in [2.05, 4.69) is 5.32 Å². The zero-order chi connectivity index (χ0) is 25.3. The van der Waals surface area contributed by atoms with Gasteiger partial charge in [-0.1, -0.05) is 55.7 Å². The van der Waals surface area contributed by atoms with Crippen LogP contribution in [0.5, 0.6) is 11.5 Å². The highest BCUT2D eigenvalue weighted by molar-refractivity contribution is 7.10. The molecule has 0 unspecified atom stereocenters. The standard InChI is InChI=1S/C29H34N2O4S/c1-34-24-16-14-21(15-17-24)28(29(33)30-23-10-4-3-5-11-23)31(27(32)19-25-12-8-18-36-25)20-22-9-6-7-13-26(22)35-2/h6-9,12-18,23,28H,3-5,10-11,19-20H2,1-2H3,(H,30,33)/t28-/m0/s1. The van der Waals surface area contributed by atoms with Crippen LogP contribution in [0.25, 0.3) is 0 Å². The second-order valence-electron chi connectivity index (χ2n) is 9.11. The largest absolute Gasteiger partial charge is 0.497 e. The third-order valence-corrected chi connectivity index (χ3v) is 7.58. The first-order valence-electron chi connectivity index (χ1n) is 12.5. The van der Waals surface area contributed by atoms with Crippen molar-refractivity contribution < 1.29 is 19.1 Å². The molecule has 0 radical (unpaired) electrons. The number of carbonyl (C=O) groups is 2. The van der Waals surface area contributed by atoms with Gasteiger partial charge in [-0.3, -0.25) is 9.59 Å². The van der Waals surface area contributed by atoms with Crippen LogP contribution in [0, 0.1) is 0 Å². The Balaban J connectivity index is 1.72. The van der Waals surface area contributed by atoms with Gasteiger partial charge in [0, 0.05) is 16.5 Å². The summed E-state index contributed by atoms with van der Waals surface area (Å²) in [5.74, 6) is 1.13. The zero-order valence-electron chi connectivity index (χ0n) is 20.9. The first-order chi connectivity index (χ1) is 17.6. The number of ether oxygens (including phenoxy) is 2. The average Bonchev–Trinajstić information content (AvgIpc) is 3.42. The molecule has 1 atom stereocenters. The molecular formula is C29H34N2O4S. The van der Waals surface area contributed by atoms with E-state index in [1.165, 1.54) is 6.42 Å². The SMILES string of the molecule is COc1ccc([C@@H](C(=O)NC2CCCCC2)N(Cc2ccccc2OC)C(=O)Cc2cccs2)cc1. The highest BCUT2D eigenvalue weighted by Gasteiger charge is 2.33. The number of methoxy groups -OCH3 is 2. The number of para-hydroxylation sites is 1. The van der Waals surface area contributed by atoms with Gasteiger partial charge in [0.05, 0.1) is 27.2 Å². The summed E-state index contributed by atoms with van der Waals surface area (Å²) < 4.78 is 10.9. The van der Waals surface area contributed by atoms with E-state index in [9.17, 15) is 9.59 Å². The van der Waals surface area contributed by atoms with Gasteiger partial charge in [0.2, 0.25) is 11.8 Å². The minimum atomic E-state index is -0.782. The number of hydrogen-bond acceptors (Lipinski definition) is 5. The summed E-state index contributed by atoms with van der Waals surface area (Å²) in [6.07, 6.45) is 5.60. The average molecular weight is 507 g/mol. The lowest BCUT2D eigenvalue weighted by Crippen LogP contribution is -2.47. The number of rotatable bonds is 10. The van der Waals surface area contributed by atoms with E-state index >= 15 is 0 Å². The lowest BCUT2D eigenvalue weighted by molar-refractivity contribution is -0.141. The van der Waals surface area contributed by atoms with Gasteiger partial charge in [-0.25, -0.2) is 0 Å². The Morgan fingerprint density at radius 1 is 0.972 bits per heavy atom. The zero-order valence-corrected chi connectivity index (χ0v) is 21.8. The maximum absolute atomic E-state index is 13.9. The molecule has 3 aromatic rings. The van der Waals surface area contributed by atoms with E-state index in [-0.39, 0.29) is 30.8 Å². The summed E-state index contributed by atoms with van der Waals surface area (Å²) in [4.78, 5) is 30.4. The molecule has 1 heterocycles. The van der Waals surface area contributed by atoms with Crippen LogP contribution in [-0.4, -0.2) is 37.0 Å². The first kappa shape index (κ1) is 25.8. The second-order valence-corrected chi connectivity index (χ2v) is 10.1. The molecule has 2 aromatic carbocycles. The van der Waals surface area contributed by atoms with Crippen LogP contribution in [0.4, 0.5) is 0 Å². The summed E-state index contributed by atoms with van der Waals surface area (Å²) in [7, 11) is 3.23. The molecule has 4 rings (SSSR count). The van der Waals surface area contributed by atoms with Crippen LogP contribution in [-0.2, 0) is 22.6 Å². The van der Waals surface area contributed by atoms with Crippen molar-refractivity contribution in [2.24, 2.45) is 0 Å². The predicted molar refractivity (Wildman–Crippen MR) is 142 cm³/mol. The van der Waals surface area contributed by atoms with Crippen molar-refractivity contribution in [3.63, 3.8) is 0 Å². The smallest absolute Gasteiger partial charge is 0.247 e. The normalized spacial score (nSPS) is 14.6. The van der Waals surface area contributed by atoms with E-state index in [4.69, 9.17) is 9.47 Å². The van der Waals surface area contributed by atoms with Crippen molar-refractivity contribution in [2.75, 3.05) is 14.2 Å². The van der Waals surface area contributed by atoms with Crippen LogP contribution in [0.1, 0.15) is 54.1 Å². The summed E-state index contributed by atoms with van der Waals surface area (Å²) >= 11 is 1.54. The van der Waals surface area contributed by atoms with Crippen LogP contribution >= 0.6 is 11.3 Å². The van der Waals surface area contributed by atoms with Crippen LogP contribution < -0.4 is 14.8 Å². The molecule has 0 spiro atoms. The molecule has 0 aliphatic heterocycles. The van der Waals surface area contributed by atoms with E-state index in [1.807, 2.05) is 66.0 Å². The Labute approximate surface area is 217 Å². The molecule has 1 N–H and O–H groups in total. The fourth-order valence-electron chi connectivity index (χ4n) is 4.79. The molecule has 190 valence electrons. The molecule has 1 aliphatic rings. The maximum atomic E-state index is 13.9. The summed E-state index contributed by atoms with van der Waals surface area (Å²) in [6.45, 7) is 0.253. The Kier molecular flexibility index (Phi) is 9.01. The van der Waals surface area contributed by atoms with Gasteiger partial charge in [0.25, 0.3) is 0 Å². The number of carbonyl (C=O) groups excluding carboxylic acids is 2. The monoisotopic (exact) mass is 506 g/mol. The lowest BCUT2D eigenvalue weighted by Gasteiger charge is -2.34. The van der Waals surface area contributed by atoms with Gasteiger partial charge in [-0.05, 0) is 48.1 Å². The number of nitrogens with one attached hydrogen (secondary N) is 1. The van der Waals surface area contributed by atoms with Gasteiger partial charge < -0.3 is 19.7 Å². The van der Waals surface area contributed by atoms with Crippen molar-refractivity contribution in [3.8, 4) is 11.5 Å². The Morgan fingerprint density at radius 2 is 1.72 bits per heavy atom. The Morgan fingerprint density at radius 3 is 2.39 bits per heavy atom. The third kappa shape index (κ3) is 6.46. The number of benzene rings is 2. The predicted octanol–water partition coefficient (Wildman–Crippen LogP) is 5.53. The highest BCUT2D eigenvalue weighted by atomic mass is 32.1. The number of nitrogens with zero attached hydrogens (tertiary/aromatic N) is 1. The highest BCUT2D eigenvalue weighted by Crippen LogP contribution is 2.30. The van der Waals surface area contributed by atoms with Crippen molar-refractivity contribution in [1.29, 1.82) is 0 Å². The molecule has 2 amide bonds. The maximum Gasteiger partial charge on any atom is 0.247 e. The third-order valence-electron chi connectivity index (χ3n) is 6.70. The van der Waals surface area contributed by atoms with E-state index < -0.39 is 6.04 Å². The lowest BCUT2D eigenvalue weighted by atomic mass is 9.94. The van der Waals surface area contributed by atoms with Crippen LogP contribution in [0.2, 0.25) is 0 Å². The van der Waals surface area contributed by atoms with E-state index in [0.29, 0.717) is 11.5 Å². The van der Waals surface area contributed by atoms with E-state index in [0.717, 1.165) is 41.7 Å². The molecule has 1 aliphatic carbocycles. The molecular weight excluding hydrogens is 472 g/mol.